The van der Waals surface area contributed by atoms with E-state index >= 15 is 0 Å². The Hall–Kier alpha value is -5.77. The van der Waals surface area contributed by atoms with Crippen LogP contribution in [0.2, 0.25) is 0 Å². The van der Waals surface area contributed by atoms with Gasteiger partial charge in [0.1, 0.15) is 11.2 Å². The average molecular weight is 686 g/mol. The Morgan fingerprint density at radius 2 is 1.33 bits per heavy atom. The normalized spacial score (nSPS) is 17.9. The number of hydrogen-bond acceptors (Lipinski definition) is 3. The fraction of sp³-hybridized carbons (Fsp3) is 0.102. The summed E-state index contributed by atoms with van der Waals surface area (Å²) in [5.74, 6) is 0.380. The molecule has 0 amide bonds. The van der Waals surface area contributed by atoms with Crippen molar-refractivity contribution in [3.05, 3.63) is 186 Å². The van der Waals surface area contributed by atoms with Gasteiger partial charge in [-0.15, -0.1) is 11.8 Å². The maximum atomic E-state index is 6.83. The number of anilines is 2. The monoisotopic (exact) mass is 685 g/mol. The van der Waals surface area contributed by atoms with Crippen LogP contribution >= 0.6 is 11.8 Å². The van der Waals surface area contributed by atoms with Gasteiger partial charge in [0.25, 0.3) is 0 Å². The second kappa shape index (κ2) is 11.1. The van der Waals surface area contributed by atoms with Gasteiger partial charge in [0, 0.05) is 55.4 Å². The first kappa shape index (κ1) is 29.9. The van der Waals surface area contributed by atoms with Gasteiger partial charge in [-0.3, -0.25) is 0 Å². The van der Waals surface area contributed by atoms with Gasteiger partial charge in [0.05, 0.1) is 0 Å². The SMILES string of the molecule is CC1(C)c2ccccc2-c2ccc(N(C3=CC4Sc5ccccc5C4C=C3)c3ccc4c(c3)oc3cc(-c5ccccc5)c5ccccc5c34)cc21. The zero-order valence-corrected chi connectivity index (χ0v) is 29.8. The molecule has 2 nitrogen and oxygen atoms in total. The molecule has 3 heteroatoms. The van der Waals surface area contributed by atoms with Crippen LogP contribution in [0.25, 0.3) is 55.0 Å². The first-order chi connectivity index (χ1) is 25.5. The molecule has 0 saturated carbocycles. The third-order valence-corrected chi connectivity index (χ3v) is 12.9. The highest BCUT2D eigenvalue weighted by atomic mass is 32.2. The lowest BCUT2D eigenvalue weighted by Gasteiger charge is -2.31. The zero-order valence-electron chi connectivity index (χ0n) is 29.0. The highest BCUT2D eigenvalue weighted by Crippen LogP contribution is 2.52. The van der Waals surface area contributed by atoms with E-state index in [-0.39, 0.29) is 5.41 Å². The minimum absolute atomic E-state index is 0.0986. The molecule has 0 saturated heterocycles. The summed E-state index contributed by atoms with van der Waals surface area (Å²) >= 11 is 1.98. The fourth-order valence-corrected chi connectivity index (χ4v) is 10.5. The lowest BCUT2D eigenvalue weighted by Crippen LogP contribution is -2.21. The minimum Gasteiger partial charge on any atom is -0.456 e. The van der Waals surface area contributed by atoms with Gasteiger partial charge >= 0.3 is 0 Å². The van der Waals surface area contributed by atoms with Crippen molar-refractivity contribution in [2.24, 2.45) is 0 Å². The van der Waals surface area contributed by atoms with Crippen LogP contribution in [0.3, 0.4) is 0 Å². The van der Waals surface area contributed by atoms with Crippen molar-refractivity contribution < 1.29 is 4.42 Å². The van der Waals surface area contributed by atoms with Gasteiger partial charge in [-0.1, -0.05) is 123 Å². The van der Waals surface area contributed by atoms with Crippen molar-refractivity contribution in [3.63, 3.8) is 0 Å². The highest BCUT2D eigenvalue weighted by molar-refractivity contribution is 8.00. The van der Waals surface area contributed by atoms with E-state index in [2.05, 4.69) is 183 Å². The lowest BCUT2D eigenvalue weighted by molar-refractivity contribution is 0.660. The maximum absolute atomic E-state index is 6.83. The van der Waals surface area contributed by atoms with Gasteiger partial charge in [-0.25, -0.2) is 0 Å². The molecular formula is C49H35NOS. The highest BCUT2D eigenvalue weighted by Gasteiger charge is 2.37. The number of thioether (sulfide) groups is 1. The molecule has 0 N–H and O–H groups in total. The number of allylic oxidation sites excluding steroid dienone is 2. The van der Waals surface area contributed by atoms with E-state index in [0.29, 0.717) is 11.2 Å². The van der Waals surface area contributed by atoms with Gasteiger partial charge < -0.3 is 9.32 Å². The molecule has 248 valence electrons. The van der Waals surface area contributed by atoms with Crippen molar-refractivity contribution in [2.45, 2.75) is 35.3 Å². The number of furan rings is 1. The van der Waals surface area contributed by atoms with E-state index in [1.54, 1.807) is 0 Å². The number of hydrogen-bond donors (Lipinski definition) is 0. The molecule has 3 aliphatic rings. The summed E-state index contributed by atoms with van der Waals surface area (Å²) in [5, 5.41) is 5.09. The van der Waals surface area contributed by atoms with E-state index in [1.165, 1.54) is 65.7 Å². The summed E-state index contributed by atoms with van der Waals surface area (Å²) < 4.78 is 6.83. The molecule has 2 unspecified atom stereocenters. The van der Waals surface area contributed by atoms with Gasteiger partial charge in [0.15, 0.2) is 0 Å². The van der Waals surface area contributed by atoms with E-state index in [0.717, 1.165) is 27.9 Å². The van der Waals surface area contributed by atoms with E-state index in [1.807, 2.05) is 11.8 Å². The zero-order chi connectivity index (χ0) is 34.6. The summed E-state index contributed by atoms with van der Waals surface area (Å²) in [7, 11) is 0. The molecule has 0 spiro atoms. The third-order valence-electron chi connectivity index (χ3n) is 11.6. The van der Waals surface area contributed by atoms with E-state index in [4.69, 9.17) is 4.42 Å². The third kappa shape index (κ3) is 4.33. The minimum atomic E-state index is -0.0986. The number of fused-ring (bicyclic) bond motifs is 11. The molecule has 2 aliphatic carbocycles. The van der Waals surface area contributed by atoms with Gasteiger partial charge in [0.2, 0.25) is 0 Å². The molecule has 7 aromatic carbocycles. The second-order valence-corrected chi connectivity index (χ2v) is 16.0. The second-order valence-electron chi connectivity index (χ2n) is 14.8. The van der Waals surface area contributed by atoms with Gasteiger partial charge in [-0.05, 0) is 98.3 Å². The molecule has 52 heavy (non-hydrogen) atoms. The Morgan fingerprint density at radius 1 is 0.596 bits per heavy atom. The largest absolute Gasteiger partial charge is 0.456 e. The van der Waals surface area contributed by atoms with Crippen LogP contribution < -0.4 is 4.90 Å². The number of nitrogens with zero attached hydrogens (tertiary/aromatic N) is 1. The lowest BCUT2D eigenvalue weighted by atomic mass is 9.82. The Kier molecular flexibility index (Phi) is 6.39. The topological polar surface area (TPSA) is 16.4 Å². The molecule has 1 aliphatic heterocycles. The average Bonchev–Trinajstić information content (AvgIpc) is 3.82. The first-order valence-corrected chi connectivity index (χ1v) is 19.0. The van der Waals surface area contributed by atoms with Crippen LogP contribution in [0, 0.1) is 0 Å². The van der Waals surface area contributed by atoms with Crippen LogP contribution in [0.5, 0.6) is 0 Å². The van der Waals surface area contributed by atoms with Crippen molar-refractivity contribution in [1.82, 2.24) is 0 Å². The standard InChI is InChI=1S/C49H35NOS/c1-49(2)42-18-10-8-15-35(42)36-23-20-31(26-43(36)49)50(33-21-24-38-37-16-9-11-19-46(37)52-47(38)28-33)32-22-25-40-44(27-32)51-45-29-41(30-12-4-3-5-13-30)34-14-6-7-17-39(34)48(40)45/h3-29,38,47H,1-2H3. The van der Waals surface area contributed by atoms with Crippen LogP contribution in [-0.4, -0.2) is 5.25 Å². The Labute approximate surface area is 307 Å². The molecule has 2 heterocycles. The summed E-state index contributed by atoms with van der Waals surface area (Å²) in [6.45, 7) is 4.72. The summed E-state index contributed by atoms with van der Waals surface area (Å²) in [5.41, 5.74) is 14.4. The molecule has 0 radical (unpaired) electrons. The Balaban J connectivity index is 1.10. The maximum Gasteiger partial charge on any atom is 0.137 e. The van der Waals surface area contributed by atoms with E-state index in [9.17, 15) is 0 Å². The molecule has 1 aromatic heterocycles. The van der Waals surface area contributed by atoms with Crippen molar-refractivity contribution in [2.75, 3.05) is 4.90 Å². The van der Waals surface area contributed by atoms with Gasteiger partial charge in [-0.2, -0.15) is 0 Å². The predicted octanol–water partition coefficient (Wildman–Crippen LogP) is 13.6. The molecule has 8 aromatic rings. The van der Waals surface area contributed by atoms with Crippen molar-refractivity contribution >= 4 is 55.8 Å². The molecule has 11 rings (SSSR count). The van der Waals surface area contributed by atoms with E-state index < -0.39 is 0 Å². The quantitative estimate of drug-likeness (QED) is 0.183. The summed E-state index contributed by atoms with van der Waals surface area (Å²) in [6.07, 6.45) is 7.22. The molecular weight excluding hydrogens is 651 g/mol. The van der Waals surface area contributed by atoms with Crippen LogP contribution in [0.1, 0.15) is 36.5 Å². The van der Waals surface area contributed by atoms with Crippen molar-refractivity contribution in [1.29, 1.82) is 0 Å². The first-order valence-electron chi connectivity index (χ1n) is 18.2. The molecule has 2 atom stereocenters. The molecule has 0 bridgehead atoms. The number of rotatable bonds is 4. The van der Waals surface area contributed by atoms with Crippen molar-refractivity contribution in [3.8, 4) is 22.3 Å². The smallest absolute Gasteiger partial charge is 0.137 e. The predicted molar refractivity (Wildman–Crippen MR) is 219 cm³/mol. The Bertz CT molecular complexity index is 2820. The number of benzene rings is 7. The summed E-state index contributed by atoms with van der Waals surface area (Å²) in [4.78, 5) is 3.82. The van der Waals surface area contributed by atoms with Crippen LogP contribution in [0.15, 0.2) is 179 Å². The van der Waals surface area contributed by atoms with Crippen LogP contribution in [-0.2, 0) is 5.41 Å². The Morgan fingerprint density at radius 3 is 2.23 bits per heavy atom. The fourth-order valence-electron chi connectivity index (χ4n) is 9.09. The molecule has 0 fully saturated rings. The summed E-state index contributed by atoms with van der Waals surface area (Å²) in [6, 6.07) is 53.2. The van der Waals surface area contributed by atoms with Crippen LogP contribution in [0.4, 0.5) is 11.4 Å².